The van der Waals surface area contributed by atoms with Crippen molar-refractivity contribution in [3.63, 3.8) is 0 Å². The van der Waals surface area contributed by atoms with Crippen LogP contribution >= 0.6 is 0 Å². The highest BCUT2D eigenvalue weighted by Crippen LogP contribution is 2.04. The molecule has 0 amide bonds. The Hall–Kier alpha value is -0.0700. The molecule has 1 unspecified atom stereocenters. The average molecular weight is 104 g/mol. The lowest BCUT2D eigenvalue weighted by Crippen LogP contribution is -1.91. The van der Waals surface area contributed by atoms with Gasteiger partial charge in [-0.15, -0.1) is 0 Å². The molecule has 0 saturated carbocycles. The molecule has 0 radical (unpaired) electrons. The molecule has 44 valence electrons. The molecule has 0 aliphatic carbocycles. The van der Waals surface area contributed by atoms with Gasteiger partial charge in [-0.2, -0.15) is 0 Å². The van der Waals surface area contributed by atoms with Gasteiger partial charge in [0.25, 0.3) is 0 Å². The van der Waals surface area contributed by atoms with Gasteiger partial charge >= 0.3 is 0 Å². The van der Waals surface area contributed by atoms with Gasteiger partial charge in [-0.3, -0.25) is 4.39 Å². The van der Waals surface area contributed by atoms with Gasteiger partial charge in [0.15, 0.2) is 0 Å². The number of hydrogen-bond acceptors (Lipinski definition) is 0. The molecule has 0 nitrogen and oxygen atoms in total. The van der Waals surface area contributed by atoms with Crippen molar-refractivity contribution in [3.05, 3.63) is 0 Å². The minimum Gasteiger partial charge on any atom is -0.251 e. The first kappa shape index (κ1) is 6.93. The van der Waals surface area contributed by atoms with Crippen LogP contribution in [0.5, 0.6) is 0 Å². The fraction of sp³-hybridized carbons (Fsp3) is 1.00. The Morgan fingerprint density at radius 2 is 2.14 bits per heavy atom. The van der Waals surface area contributed by atoms with Gasteiger partial charge in [0.2, 0.25) is 0 Å². The fourth-order valence-corrected chi connectivity index (χ4v) is 0.390. The molecule has 7 heavy (non-hydrogen) atoms. The maximum Gasteiger partial charge on any atom is 0.0897 e. The third-order valence-electron chi connectivity index (χ3n) is 1.30. The van der Waals surface area contributed by atoms with Crippen LogP contribution in [0.1, 0.15) is 26.7 Å². The van der Waals surface area contributed by atoms with E-state index in [1.165, 1.54) is 0 Å². The molecule has 0 saturated heterocycles. The maximum absolute atomic E-state index is 11.4. The third-order valence-corrected chi connectivity index (χ3v) is 1.30. The topological polar surface area (TPSA) is 0 Å². The molecule has 0 aromatic rings. The second-order valence-electron chi connectivity index (χ2n) is 1.99. The first-order chi connectivity index (χ1) is 3.31. The summed E-state index contributed by atoms with van der Waals surface area (Å²) in [7, 11) is 0. The largest absolute Gasteiger partial charge is 0.251 e. The van der Waals surface area contributed by atoms with E-state index in [9.17, 15) is 4.39 Å². The van der Waals surface area contributed by atoms with Crippen LogP contribution in [0.3, 0.4) is 0 Å². The van der Waals surface area contributed by atoms with Gasteiger partial charge in [-0.25, -0.2) is 0 Å². The fourth-order valence-electron chi connectivity index (χ4n) is 0.390. The summed E-state index contributed by atoms with van der Waals surface area (Å²) < 4.78 is 11.4. The molecule has 0 fully saturated rings. The highest BCUT2D eigenvalue weighted by Gasteiger charge is 1.94. The SMILES string of the molecule is CCC(C)CCF. The molecule has 1 atom stereocenters. The molecule has 0 bridgehead atoms. The molecule has 0 aliphatic heterocycles. The molecule has 0 rings (SSSR count). The van der Waals surface area contributed by atoms with Gasteiger partial charge in [0, 0.05) is 0 Å². The molecule has 0 aromatic carbocycles. The average Bonchev–Trinajstić information content (AvgIpc) is 1.68. The van der Waals surface area contributed by atoms with Crippen molar-refractivity contribution in [1.82, 2.24) is 0 Å². The zero-order valence-electron chi connectivity index (χ0n) is 5.08. The van der Waals surface area contributed by atoms with Crippen LogP contribution in [0.2, 0.25) is 0 Å². The van der Waals surface area contributed by atoms with E-state index in [4.69, 9.17) is 0 Å². The van der Waals surface area contributed by atoms with Gasteiger partial charge in [-0.05, 0) is 12.3 Å². The van der Waals surface area contributed by atoms with Crippen LogP contribution in [-0.4, -0.2) is 6.67 Å². The zero-order chi connectivity index (χ0) is 5.70. The first-order valence-electron chi connectivity index (χ1n) is 2.87. The van der Waals surface area contributed by atoms with Crippen molar-refractivity contribution >= 4 is 0 Å². The Morgan fingerprint density at radius 3 is 2.29 bits per heavy atom. The van der Waals surface area contributed by atoms with Crippen molar-refractivity contribution in [2.75, 3.05) is 6.67 Å². The quantitative estimate of drug-likeness (QED) is 0.515. The van der Waals surface area contributed by atoms with Crippen LogP contribution in [-0.2, 0) is 0 Å². The predicted octanol–water partition coefficient (Wildman–Crippen LogP) is 2.39. The zero-order valence-corrected chi connectivity index (χ0v) is 5.08. The van der Waals surface area contributed by atoms with E-state index < -0.39 is 0 Å². The molecule has 0 aliphatic rings. The number of rotatable bonds is 3. The highest BCUT2D eigenvalue weighted by molar-refractivity contribution is 4.46. The van der Waals surface area contributed by atoms with Crippen LogP contribution in [0.15, 0.2) is 0 Å². The monoisotopic (exact) mass is 104 g/mol. The van der Waals surface area contributed by atoms with Crippen molar-refractivity contribution < 1.29 is 4.39 Å². The maximum atomic E-state index is 11.4. The van der Waals surface area contributed by atoms with Gasteiger partial charge in [-0.1, -0.05) is 20.3 Å². The smallest absolute Gasteiger partial charge is 0.0897 e. The van der Waals surface area contributed by atoms with Crippen LogP contribution in [0, 0.1) is 5.92 Å². The Kier molecular flexibility index (Phi) is 4.06. The van der Waals surface area contributed by atoms with Crippen molar-refractivity contribution in [3.8, 4) is 0 Å². The van der Waals surface area contributed by atoms with E-state index in [1.807, 2.05) is 0 Å². The minimum absolute atomic E-state index is 0.158. The molecule has 0 heterocycles. The summed E-state index contributed by atoms with van der Waals surface area (Å²) in [4.78, 5) is 0. The molecular formula is C6H13F. The molecule has 0 aromatic heterocycles. The standard InChI is InChI=1S/C6H13F/c1-3-6(2)4-5-7/h6H,3-5H2,1-2H3. The van der Waals surface area contributed by atoms with Gasteiger partial charge < -0.3 is 0 Å². The van der Waals surface area contributed by atoms with E-state index in [2.05, 4.69) is 13.8 Å². The minimum atomic E-state index is -0.158. The lowest BCUT2D eigenvalue weighted by molar-refractivity contribution is 0.398. The second-order valence-corrected chi connectivity index (χ2v) is 1.99. The van der Waals surface area contributed by atoms with E-state index >= 15 is 0 Å². The molecule has 0 spiro atoms. The molecule has 0 N–H and O–H groups in total. The second kappa shape index (κ2) is 4.10. The Labute approximate surface area is 44.7 Å². The number of alkyl halides is 1. The van der Waals surface area contributed by atoms with Crippen molar-refractivity contribution in [2.45, 2.75) is 26.7 Å². The van der Waals surface area contributed by atoms with Crippen LogP contribution in [0.4, 0.5) is 4.39 Å². The van der Waals surface area contributed by atoms with Crippen LogP contribution < -0.4 is 0 Å². The van der Waals surface area contributed by atoms with E-state index in [1.54, 1.807) is 0 Å². The van der Waals surface area contributed by atoms with Crippen molar-refractivity contribution in [2.24, 2.45) is 5.92 Å². The summed E-state index contributed by atoms with van der Waals surface area (Å²) in [6, 6.07) is 0. The molecule has 1 heteroatoms. The normalized spacial score (nSPS) is 14.1. The summed E-state index contributed by atoms with van der Waals surface area (Å²) >= 11 is 0. The Morgan fingerprint density at radius 1 is 1.57 bits per heavy atom. The highest BCUT2D eigenvalue weighted by atomic mass is 19.1. The van der Waals surface area contributed by atoms with Crippen LogP contribution in [0.25, 0.3) is 0 Å². The van der Waals surface area contributed by atoms with E-state index in [-0.39, 0.29) is 6.67 Å². The lowest BCUT2D eigenvalue weighted by atomic mass is 10.1. The Balaban J connectivity index is 2.83. The lowest BCUT2D eigenvalue weighted by Gasteiger charge is -2.00. The van der Waals surface area contributed by atoms with Gasteiger partial charge in [0.05, 0.1) is 6.67 Å². The predicted molar refractivity (Wildman–Crippen MR) is 30.0 cm³/mol. The summed E-state index contributed by atoms with van der Waals surface area (Å²) in [6.45, 7) is 3.99. The Bertz CT molecular complexity index is 35.2. The van der Waals surface area contributed by atoms with Crippen molar-refractivity contribution in [1.29, 1.82) is 0 Å². The van der Waals surface area contributed by atoms with E-state index in [0.717, 1.165) is 12.8 Å². The van der Waals surface area contributed by atoms with E-state index in [0.29, 0.717) is 5.92 Å². The summed E-state index contributed by atoms with van der Waals surface area (Å²) in [5.41, 5.74) is 0. The molecular weight excluding hydrogens is 91.1 g/mol. The summed E-state index contributed by atoms with van der Waals surface area (Å²) in [5.74, 6) is 0.574. The first-order valence-corrected chi connectivity index (χ1v) is 2.87. The summed E-state index contributed by atoms with van der Waals surface area (Å²) in [5, 5.41) is 0. The number of hydrogen-bond donors (Lipinski definition) is 0. The van der Waals surface area contributed by atoms with Gasteiger partial charge in [0.1, 0.15) is 0 Å². The third kappa shape index (κ3) is 3.77. The summed E-state index contributed by atoms with van der Waals surface area (Å²) in [6.07, 6.45) is 1.83. The number of halogens is 1.